The summed E-state index contributed by atoms with van der Waals surface area (Å²) >= 11 is 0. The third kappa shape index (κ3) is 11.1. The van der Waals surface area contributed by atoms with Gasteiger partial charge in [0.25, 0.3) is 5.56 Å². The minimum Gasteiger partial charge on any atom is -0.463 e. The zero-order valence-electron chi connectivity index (χ0n) is 22.2. The van der Waals surface area contributed by atoms with E-state index in [4.69, 9.17) is 9.47 Å². The van der Waals surface area contributed by atoms with Crippen molar-refractivity contribution < 1.29 is 28.9 Å². The summed E-state index contributed by atoms with van der Waals surface area (Å²) in [6.45, 7) is 1.93. The molecule has 1 saturated heterocycles. The number of nitrogens with one attached hydrogen (secondary N) is 1. The Labute approximate surface area is 218 Å². The fourth-order valence-electron chi connectivity index (χ4n) is 4.63. The van der Waals surface area contributed by atoms with Crippen LogP contribution in [0.5, 0.6) is 0 Å². The van der Waals surface area contributed by atoms with Crippen LogP contribution >= 0.6 is 0 Å². The number of unbranched alkanes of at least 4 members (excludes halogenated alkanes) is 14. The summed E-state index contributed by atoms with van der Waals surface area (Å²) in [5, 5.41) is 20.4. The molecule has 3 N–H and O–H groups in total. The molecular weight excluding hydrogens is 483 g/mol. The second-order valence-electron chi connectivity index (χ2n) is 10.1. The molecule has 9 nitrogen and oxygen atoms in total. The number of aromatic amines is 1. The van der Waals surface area contributed by atoms with E-state index in [0.717, 1.165) is 19.3 Å². The summed E-state index contributed by atoms with van der Waals surface area (Å²) in [7, 11) is 0. The van der Waals surface area contributed by atoms with Gasteiger partial charge in [-0.05, 0) is 6.42 Å². The summed E-state index contributed by atoms with van der Waals surface area (Å²) in [4.78, 5) is 36.9. The van der Waals surface area contributed by atoms with Crippen LogP contribution in [-0.2, 0) is 14.3 Å². The highest BCUT2D eigenvalue weighted by atomic mass is 19.1. The maximum atomic E-state index is 13.5. The molecule has 1 fully saturated rings. The van der Waals surface area contributed by atoms with Crippen LogP contribution in [0.2, 0.25) is 0 Å². The van der Waals surface area contributed by atoms with Gasteiger partial charge in [-0.3, -0.25) is 19.1 Å². The Kier molecular flexibility index (Phi) is 14.7. The summed E-state index contributed by atoms with van der Waals surface area (Å²) < 4.78 is 24.8. The zero-order chi connectivity index (χ0) is 27.0. The van der Waals surface area contributed by atoms with E-state index >= 15 is 0 Å². The molecule has 0 aliphatic carbocycles. The van der Waals surface area contributed by atoms with Crippen molar-refractivity contribution in [2.75, 3.05) is 6.61 Å². The fourth-order valence-corrected chi connectivity index (χ4v) is 4.63. The molecule has 1 aromatic heterocycles. The van der Waals surface area contributed by atoms with Crippen molar-refractivity contribution in [2.45, 2.75) is 134 Å². The van der Waals surface area contributed by atoms with Gasteiger partial charge in [0.15, 0.2) is 6.23 Å². The number of ether oxygens (including phenoxy) is 2. The molecule has 1 aromatic rings. The molecule has 37 heavy (non-hydrogen) atoms. The van der Waals surface area contributed by atoms with Crippen LogP contribution in [0.4, 0.5) is 4.39 Å². The number of aromatic nitrogens is 2. The second-order valence-corrected chi connectivity index (χ2v) is 10.1. The number of nitrogens with zero attached hydrogens (tertiary/aromatic N) is 1. The van der Waals surface area contributed by atoms with Gasteiger partial charge in [0.2, 0.25) is 5.82 Å². The maximum absolute atomic E-state index is 13.5. The van der Waals surface area contributed by atoms with Gasteiger partial charge in [-0.15, -0.1) is 0 Å². The van der Waals surface area contributed by atoms with Crippen LogP contribution in [0.1, 0.15) is 116 Å². The summed E-state index contributed by atoms with van der Waals surface area (Å²) in [5.41, 5.74) is -2.19. The highest BCUT2D eigenvalue weighted by Gasteiger charge is 2.44. The van der Waals surface area contributed by atoms with Crippen LogP contribution in [0.15, 0.2) is 15.8 Å². The number of rotatable bonds is 19. The van der Waals surface area contributed by atoms with Crippen molar-refractivity contribution >= 4 is 5.97 Å². The van der Waals surface area contributed by atoms with Crippen molar-refractivity contribution in [3.63, 3.8) is 0 Å². The molecule has 0 bridgehead atoms. The SMILES string of the molecule is CCCCCCCCCCCCCCCCCC(=O)OC[C@@H]1O[C@H](n2cc(F)c(=O)[nH]c2=O)C(O)C1O. The molecule has 0 aromatic carbocycles. The molecule has 2 heterocycles. The van der Waals surface area contributed by atoms with Crippen LogP contribution in [0.3, 0.4) is 0 Å². The predicted octanol–water partition coefficient (Wildman–Crippen LogP) is 4.10. The Hall–Kier alpha value is -2.04. The van der Waals surface area contributed by atoms with Gasteiger partial charge in [0.1, 0.15) is 24.9 Å². The predicted molar refractivity (Wildman–Crippen MR) is 138 cm³/mol. The van der Waals surface area contributed by atoms with E-state index in [1.807, 2.05) is 0 Å². The number of hydrogen-bond acceptors (Lipinski definition) is 7. The second kappa shape index (κ2) is 17.5. The quantitative estimate of drug-likeness (QED) is 0.182. The molecule has 0 saturated carbocycles. The minimum absolute atomic E-state index is 0.248. The summed E-state index contributed by atoms with van der Waals surface area (Å²) in [5.74, 6) is -1.67. The fraction of sp³-hybridized carbons (Fsp3) is 0.815. The molecule has 1 aliphatic rings. The lowest BCUT2D eigenvalue weighted by molar-refractivity contribution is -0.150. The Bertz CT molecular complexity index is 903. The first-order chi connectivity index (χ1) is 17.8. The van der Waals surface area contributed by atoms with Crippen LogP contribution < -0.4 is 11.2 Å². The Morgan fingerprint density at radius 3 is 1.97 bits per heavy atom. The van der Waals surface area contributed by atoms with E-state index in [9.17, 15) is 29.0 Å². The molecule has 0 radical (unpaired) electrons. The van der Waals surface area contributed by atoms with E-state index in [1.54, 1.807) is 4.98 Å². The Morgan fingerprint density at radius 1 is 0.919 bits per heavy atom. The van der Waals surface area contributed by atoms with Gasteiger partial charge < -0.3 is 19.7 Å². The molecule has 0 amide bonds. The smallest absolute Gasteiger partial charge is 0.330 e. The maximum Gasteiger partial charge on any atom is 0.330 e. The van der Waals surface area contributed by atoms with Gasteiger partial charge in [-0.2, -0.15) is 4.39 Å². The first kappa shape index (κ1) is 31.2. The Morgan fingerprint density at radius 2 is 1.43 bits per heavy atom. The average molecular weight is 529 g/mol. The number of carbonyl (C=O) groups is 1. The molecule has 2 unspecified atom stereocenters. The first-order valence-corrected chi connectivity index (χ1v) is 14.0. The van der Waals surface area contributed by atoms with E-state index in [2.05, 4.69) is 6.92 Å². The van der Waals surface area contributed by atoms with E-state index < -0.39 is 47.6 Å². The zero-order valence-corrected chi connectivity index (χ0v) is 22.2. The van der Waals surface area contributed by atoms with Crippen LogP contribution in [0.25, 0.3) is 0 Å². The highest BCUT2D eigenvalue weighted by Crippen LogP contribution is 2.28. The lowest BCUT2D eigenvalue weighted by Gasteiger charge is -2.16. The summed E-state index contributed by atoms with van der Waals surface area (Å²) in [6, 6.07) is 0. The number of H-pyrrole nitrogens is 1. The average Bonchev–Trinajstić information content (AvgIpc) is 3.15. The van der Waals surface area contributed by atoms with Crippen molar-refractivity contribution in [1.29, 1.82) is 0 Å². The number of esters is 1. The number of aliphatic hydroxyl groups excluding tert-OH is 2. The molecule has 212 valence electrons. The largest absolute Gasteiger partial charge is 0.463 e. The monoisotopic (exact) mass is 528 g/mol. The van der Waals surface area contributed by atoms with Gasteiger partial charge in [0, 0.05) is 6.42 Å². The topological polar surface area (TPSA) is 131 Å². The number of halogens is 1. The lowest BCUT2D eigenvalue weighted by atomic mass is 10.0. The first-order valence-electron chi connectivity index (χ1n) is 14.0. The van der Waals surface area contributed by atoms with Crippen LogP contribution in [0, 0.1) is 5.82 Å². The van der Waals surface area contributed by atoms with Gasteiger partial charge in [0.05, 0.1) is 6.20 Å². The summed E-state index contributed by atoms with van der Waals surface area (Å²) in [6.07, 6.45) is 13.8. The minimum atomic E-state index is -1.57. The van der Waals surface area contributed by atoms with E-state index in [1.165, 1.54) is 70.6 Å². The molecule has 1 aliphatic heterocycles. The molecule has 4 atom stereocenters. The molecule has 0 spiro atoms. The lowest BCUT2D eigenvalue weighted by Crippen LogP contribution is -2.38. The van der Waals surface area contributed by atoms with Crippen molar-refractivity contribution in [2.24, 2.45) is 0 Å². The van der Waals surface area contributed by atoms with E-state index in [0.29, 0.717) is 17.2 Å². The number of hydrogen-bond donors (Lipinski definition) is 3. The highest BCUT2D eigenvalue weighted by molar-refractivity contribution is 5.69. The molecule has 10 heteroatoms. The third-order valence-corrected chi connectivity index (χ3v) is 6.93. The molecular formula is C27H45FN2O7. The van der Waals surface area contributed by atoms with Crippen LogP contribution in [-0.4, -0.2) is 50.7 Å². The van der Waals surface area contributed by atoms with Gasteiger partial charge in [-0.25, -0.2) is 4.79 Å². The van der Waals surface area contributed by atoms with Crippen molar-refractivity contribution in [3.8, 4) is 0 Å². The van der Waals surface area contributed by atoms with Crippen molar-refractivity contribution in [1.82, 2.24) is 9.55 Å². The number of aliphatic hydroxyl groups is 2. The third-order valence-electron chi connectivity index (χ3n) is 6.93. The normalized spacial score (nSPS) is 21.4. The Balaban J connectivity index is 1.51. The van der Waals surface area contributed by atoms with Gasteiger partial charge >= 0.3 is 11.7 Å². The van der Waals surface area contributed by atoms with Gasteiger partial charge in [-0.1, -0.05) is 96.8 Å². The molecule has 2 rings (SSSR count). The number of carbonyl (C=O) groups excluding carboxylic acids is 1. The van der Waals surface area contributed by atoms with Crippen molar-refractivity contribution in [3.05, 3.63) is 32.9 Å². The van der Waals surface area contributed by atoms with E-state index in [-0.39, 0.29) is 13.0 Å². The standard InChI is InChI=1S/C27H45FN2O7/c1-2-3-4-5-6-7-8-9-10-11-12-13-14-15-16-17-22(31)36-19-21-23(32)24(33)26(37-21)30-18-20(28)25(34)29-27(30)35/h18,21,23-24,26,32-33H,2-17,19H2,1H3,(H,29,34,35)/t21-,23?,24?,26-/m0/s1.